The van der Waals surface area contributed by atoms with Crippen molar-refractivity contribution in [1.29, 1.82) is 0 Å². The minimum absolute atomic E-state index is 0.0272. The molecule has 5 unspecified atom stereocenters. The summed E-state index contributed by atoms with van der Waals surface area (Å²) >= 11 is 0. The number of hydrogen-bond acceptors (Lipinski definition) is 7. The van der Waals surface area contributed by atoms with Gasteiger partial charge in [-0.3, -0.25) is 4.90 Å². The van der Waals surface area contributed by atoms with Gasteiger partial charge in [-0.15, -0.1) is 0 Å². The summed E-state index contributed by atoms with van der Waals surface area (Å²) in [6.45, 7) is 7.59. The smallest absolute Gasteiger partial charge is 0.323 e. The maximum absolute atomic E-state index is 13.5. The molecular weight excluding hydrogens is 420 g/mol. The van der Waals surface area contributed by atoms with Crippen LogP contribution < -0.4 is 15.6 Å². The molecule has 0 radical (unpaired) electrons. The van der Waals surface area contributed by atoms with Gasteiger partial charge >= 0.3 is 6.03 Å². The number of ether oxygens (including phenoxy) is 1. The summed E-state index contributed by atoms with van der Waals surface area (Å²) in [5.74, 6) is 0. The van der Waals surface area contributed by atoms with Gasteiger partial charge in [0.25, 0.3) is 0 Å². The van der Waals surface area contributed by atoms with Crippen molar-refractivity contribution in [1.82, 2.24) is 30.3 Å². The normalized spacial score (nSPS) is 38.1. The number of carbonyl (C=O) groups excluding carboxylic acids is 1. The van der Waals surface area contributed by atoms with Gasteiger partial charge in [0.2, 0.25) is 16.4 Å². The number of nitrogens with zero attached hydrogens (tertiary/aromatic N) is 3. The zero-order valence-electron chi connectivity index (χ0n) is 18.5. The SMILES string of the molecule is CC1NNC(N2C(=O)N(CCN3CCCC3)C3CCC(S(=O)(=O)NC4(C)CC4)CC32)O1. The monoisotopic (exact) mass is 456 g/mol. The molecule has 3 N–H and O–H groups in total. The van der Waals surface area contributed by atoms with E-state index in [1.807, 2.05) is 18.7 Å². The average Bonchev–Trinajstić information content (AvgIpc) is 3.10. The Labute approximate surface area is 185 Å². The van der Waals surface area contributed by atoms with Gasteiger partial charge in [-0.05, 0) is 71.9 Å². The summed E-state index contributed by atoms with van der Waals surface area (Å²) in [4.78, 5) is 19.6. The summed E-state index contributed by atoms with van der Waals surface area (Å²) in [5, 5.41) is -0.480. The number of sulfonamides is 1. The summed E-state index contributed by atoms with van der Waals surface area (Å²) in [5.41, 5.74) is 5.79. The highest BCUT2D eigenvalue weighted by Gasteiger charge is 2.54. The Balaban J connectivity index is 1.33. The van der Waals surface area contributed by atoms with Crippen molar-refractivity contribution in [2.75, 3.05) is 26.2 Å². The third-order valence-corrected chi connectivity index (χ3v) is 9.72. The largest absolute Gasteiger partial charge is 0.324 e. The zero-order valence-corrected chi connectivity index (χ0v) is 19.4. The number of carbonyl (C=O) groups is 1. The van der Waals surface area contributed by atoms with E-state index in [4.69, 9.17) is 4.74 Å². The molecule has 0 bridgehead atoms. The number of rotatable bonds is 7. The first-order valence-corrected chi connectivity index (χ1v) is 13.3. The molecule has 5 fully saturated rings. The molecular formula is C20H36N6O4S. The van der Waals surface area contributed by atoms with E-state index in [-0.39, 0.29) is 29.9 Å². The minimum Gasteiger partial charge on any atom is -0.324 e. The van der Waals surface area contributed by atoms with Crippen molar-refractivity contribution in [3.63, 3.8) is 0 Å². The highest BCUT2D eigenvalue weighted by Crippen LogP contribution is 2.40. The van der Waals surface area contributed by atoms with Crippen LogP contribution in [0.15, 0.2) is 0 Å². The van der Waals surface area contributed by atoms with E-state index in [0.29, 0.717) is 25.8 Å². The van der Waals surface area contributed by atoms with Crippen LogP contribution in [0.5, 0.6) is 0 Å². The van der Waals surface area contributed by atoms with Crippen LogP contribution in [-0.4, -0.2) is 90.8 Å². The second-order valence-electron chi connectivity index (χ2n) is 10.1. The zero-order chi connectivity index (χ0) is 21.8. The lowest BCUT2D eigenvalue weighted by Gasteiger charge is -2.37. The van der Waals surface area contributed by atoms with Gasteiger partial charge in [0, 0.05) is 18.6 Å². The summed E-state index contributed by atoms with van der Waals surface area (Å²) in [6, 6.07) is -0.208. The van der Waals surface area contributed by atoms with Crippen LogP contribution in [0.1, 0.15) is 58.8 Å². The van der Waals surface area contributed by atoms with Crippen molar-refractivity contribution < 1.29 is 17.9 Å². The molecule has 0 spiro atoms. The molecule has 176 valence electrons. The molecule has 10 nitrogen and oxygen atoms in total. The summed E-state index contributed by atoms with van der Waals surface area (Å²) in [7, 11) is -3.43. The quantitative estimate of drug-likeness (QED) is 0.507. The molecule has 3 saturated heterocycles. The summed E-state index contributed by atoms with van der Waals surface area (Å²) < 4.78 is 35.0. The van der Waals surface area contributed by atoms with E-state index in [1.165, 1.54) is 12.8 Å². The fourth-order valence-electron chi connectivity index (χ4n) is 5.56. The number of hydrogen-bond donors (Lipinski definition) is 3. The van der Waals surface area contributed by atoms with Gasteiger partial charge in [-0.1, -0.05) is 0 Å². The van der Waals surface area contributed by atoms with Gasteiger partial charge in [-0.25, -0.2) is 28.8 Å². The lowest BCUT2D eigenvalue weighted by molar-refractivity contribution is -0.0488. The van der Waals surface area contributed by atoms with Crippen molar-refractivity contribution in [2.45, 2.75) is 94.2 Å². The van der Waals surface area contributed by atoms with E-state index in [2.05, 4.69) is 20.5 Å². The van der Waals surface area contributed by atoms with Crippen LogP contribution in [0.25, 0.3) is 0 Å². The first-order chi connectivity index (χ1) is 14.8. The van der Waals surface area contributed by atoms with E-state index >= 15 is 0 Å². The first kappa shape index (κ1) is 21.8. The second-order valence-corrected chi connectivity index (χ2v) is 12.1. The molecule has 0 aromatic heterocycles. The van der Waals surface area contributed by atoms with Gasteiger partial charge in [0.15, 0.2) is 0 Å². The molecule has 0 aromatic rings. The molecule has 5 atom stereocenters. The highest BCUT2D eigenvalue weighted by molar-refractivity contribution is 7.90. The fourth-order valence-corrected chi connectivity index (χ4v) is 7.52. The van der Waals surface area contributed by atoms with E-state index in [9.17, 15) is 13.2 Å². The summed E-state index contributed by atoms with van der Waals surface area (Å²) in [6.07, 6.45) is 5.16. The van der Waals surface area contributed by atoms with E-state index < -0.39 is 21.6 Å². The lowest BCUT2D eigenvalue weighted by Crippen LogP contribution is -2.54. The predicted molar refractivity (Wildman–Crippen MR) is 115 cm³/mol. The first-order valence-electron chi connectivity index (χ1n) is 11.8. The number of likely N-dealkylation sites (tertiary alicyclic amines) is 1. The lowest BCUT2D eigenvalue weighted by atomic mass is 9.89. The Hall–Kier alpha value is -0.980. The van der Waals surface area contributed by atoms with E-state index in [1.54, 1.807) is 4.90 Å². The van der Waals surface area contributed by atoms with Crippen molar-refractivity contribution in [3.05, 3.63) is 0 Å². The number of nitrogens with one attached hydrogen (secondary N) is 3. The van der Waals surface area contributed by atoms with Crippen LogP contribution in [0.4, 0.5) is 4.79 Å². The van der Waals surface area contributed by atoms with Crippen molar-refractivity contribution >= 4 is 16.1 Å². The number of amides is 2. The predicted octanol–water partition coefficient (Wildman–Crippen LogP) is 0.335. The molecule has 31 heavy (non-hydrogen) atoms. The van der Waals surface area contributed by atoms with Crippen LogP contribution >= 0.6 is 0 Å². The molecule has 11 heteroatoms. The number of hydrazine groups is 1. The molecule has 2 amide bonds. The molecule has 2 saturated carbocycles. The maximum Gasteiger partial charge on any atom is 0.323 e. The average molecular weight is 457 g/mol. The Bertz CT molecular complexity index is 799. The third kappa shape index (κ3) is 4.32. The van der Waals surface area contributed by atoms with Gasteiger partial charge in [0.05, 0.1) is 17.3 Å². The standard InChI is InChI=1S/C20H36N6O4S/c1-14-21-22-18(30-14)26-17-13-15(31(28,29)23-20(2)7-8-20)5-6-16(17)25(19(26)27)12-11-24-9-3-4-10-24/h14-18,21-23H,3-13H2,1-2H3. The molecule has 5 aliphatic rings. The Kier molecular flexibility index (Phi) is 5.71. The van der Waals surface area contributed by atoms with Crippen molar-refractivity contribution in [3.8, 4) is 0 Å². The molecule has 2 aliphatic carbocycles. The minimum atomic E-state index is -3.43. The third-order valence-electron chi connectivity index (χ3n) is 7.64. The second kappa shape index (κ2) is 8.11. The van der Waals surface area contributed by atoms with Crippen LogP contribution in [0.3, 0.4) is 0 Å². The Morgan fingerprint density at radius 2 is 1.87 bits per heavy atom. The van der Waals surface area contributed by atoms with Gasteiger partial charge in [0.1, 0.15) is 6.23 Å². The number of urea groups is 1. The van der Waals surface area contributed by atoms with Crippen LogP contribution in [0, 0.1) is 0 Å². The van der Waals surface area contributed by atoms with Gasteiger partial charge in [-0.2, -0.15) is 0 Å². The highest BCUT2D eigenvalue weighted by atomic mass is 32.2. The van der Waals surface area contributed by atoms with Crippen LogP contribution in [0.2, 0.25) is 0 Å². The Morgan fingerprint density at radius 3 is 2.52 bits per heavy atom. The number of fused-ring (bicyclic) bond motifs is 1. The van der Waals surface area contributed by atoms with Crippen LogP contribution in [-0.2, 0) is 14.8 Å². The maximum atomic E-state index is 13.5. The Morgan fingerprint density at radius 1 is 1.13 bits per heavy atom. The van der Waals surface area contributed by atoms with Gasteiger partial charge < -0.3 is 14.5 Å². The molecule has 3 heterocycles. The molecule has 0 aromatic carbocycles. The fraction of sp³-hybridized carbons (Fsp3) is 0.950. The molecule has 3 aliphatic heterocycles. The van der Waals surface area contributed by atoms with Crippen molar-refractivity contribution in [2.24, 2.45) is 0 Å². The molecule has 5 rings (SSSR count). The van der Waals surface area contributed by atoms with E-state index in [0.717, 1.165) is 32.5 Å². The topological polar surface area (TPSA) is 106 Å².